The van der Waals surface area contributed by atoms with Crippen LogP contribution in [-0.4, -0.2) is 120 Å². The van der Waals surface area contributed by atoms with Gasteiger partial charge in [0.25, 0.3) is 0 Å². The van der Waals surface area contributed by atoms with Crippen molar-refractivity contribution in [3.05, 3.63) is 102 Å². The maximum Gasteiger partial charge on any atom is 0.338 e. The van der Waals surface area contributed by atoms with Crippen molar-refractivity contribution in [3.8, 4) is 17.2 Å². The zero-order chi connectivity index (χ0) is 47.4. The van der Waals surface area contributed by atoms with Crippen LogP contribution in [0.5, 0.6) is 17.2 Å². The lowest BCUT2D eigenvalue weighted by atomic mass is 10.2. The monoisotopic (exact) mass is 1020 g/mol. The van der Waals surface area contributed by atoms with Crippen molar-refractivity contribution in [1.82, 2.24) is 0 Å². The van der Waals surface area contributed by atoms with E-state index in [1.165, 1.54) is 78.9 Å². The molecule has 3 aromatic carbocycles. The molecule has 7 N–H and O–H groups in total. The van der Waals surface area contributed by atoms with E-state index in [0.717, 1.165) is 49.9 Å². The van der Waals surface area contributed by atoms with E-state index in [2.05, 4.69) is 59.0 Å². The Kier molecular flexibility index (Phi) is 43.1. The number of ether oxygens (including phenoxy) is 2. The summed E-state index contributed by atoms with van der Waals surface area (Å²) < 4.78 is 23.5. The van der Waals surface area contributed by atoms with Gasteiger partial charge in [0.15, 0.2) is 33.3 Å². The van der Waals surface area contributed by atoms with Gasteiger partial charge >= 0.3 is 17.9 Å². The maximum atomic E-state index is 12.0. The zero-order valence-corrected chi connectivity index (χ0v) is 41.9. The number of aromatic carboxylic acids is 1. The first kappa shape index (κ1) is 74.4. The van der Waals surface area contributed by atoms with Crippen molar-refractivity contribution in [2.75, 3.05) is 33.0 Å². The predicted molar refractivity (Wildman–Crippen MR) is 287 cm³/mol. The van der Waals surface area contributed by atoms with Gasteiger partial charge in [-0.1, -0.05) is 43.2 Å². The van der Waals surface area contributed by atoms with Gasteiger partial charge in [-0.3, -0.25) is 0 Å². The first-order valence-corrected chi connectivity index (χ1v) is 33.2. The Morgan fingerprint density at radius 1 is 0.478 bits per heavy atom. The molecule has 0 atom stereocenters. The maximum absolute atomic E-state index is 12.0. The van der Waals surface area contributed by atoms with E-state index < -0.39 is 51.2 Å². The lowest BCUT2D eigenvalue weighted by molar-refractivity contribution is 0.0496. The van der Waals surface area contributed by atoms with Crippen molar-refractivity contribution in [2.45, 2.75) is 139 Å². The second kappa shape index (κ2) is 38.8. The van der Waals surface area contributed by atoms with Crippen LogP contribution in [0.3, 0.4) is 0 Å². The summed E-state index contributed by atoms with van der Waals surface area (Å²) >= 11 is 0. The van der Waals surface area contributed by atoms with E-state index in [-0.39, 0.29) is 79.8 Å². The number of hydrogen-bond donors (Lipinski definition) is 7. The lowest BCUT2D eigenvalue weighted by Gasteiger charge is -2.34. The normalized spacial score (nSPS) is 10.5. The fourth-order valence-electron chi connectivity index (χ4n) is 6.00. The molecule has 14 nitrogen and oxygen atoms in total. The van der Waals surface area contributed by atoms with Crippen LogP contribution in [-0.2, 0) is 17.7 Å². The number of esters is 2. The topological polar surface area (TPSA) is 230 Å². The summed E-state index contributed by atoms with van der Waals surface area (Å²) in [5, 5.41) is 61.1. The number of phenolic OH excluding ortho intramolecular Hbond substituents is 3. The fraction of sp³-hybridized carbons (Fsp3) is 0.531. The third-order valence-corrected chi connectivity index (χ3v) is 23.8. The molecule has 67 heavy (non-hydrogen) atoms. The van der Waals surface area contributed by atoms with E-state index in [1.54, 1.807) is 0 Å². The Hall–Kier alpha value is -4.12. The van der Waals surface area contributed by atoms with Crippen LogP contribution in [0.25, 0.3) is 0 Å². The van der Waals surface area contributed by atoms with Gasteiger partial charge in [0.05, 0.1) is 36.5 Å². The molecule has 0 amide bonds. The van der Waals surface area contributed by atoms with Gasteiger partial charge in [-0.05, 0) is 175 Å². The van der Waals surface area contributed by atoms with Crippen LogP contribution < -0.4 is 0 Å². The summed E-state index contributed by atoms with van der Waals surface area (Å²) in [7, 11) is -7.04. The quantitative estimate of drug-likeness (QED) is 0.0215. The molecular formula is C49H92O14Si4. The highest BCUT2D eigenvalue weighted by Crippen LogP contribution is 2.25. The van der Waals surface area contributed by atoms with E-state index in [0.29, 0.717) is 24.3 Å². The largest absolute Gasteiger partial charge is 0.508 e. The first-order chi connectivity index (χ1) is 28.9. The Bertz CT molecular complexity index is 1630. The van der Waals surface area contributed by atoms with E-state index in [9.17, 15) is 24.6 Å². The molecule has 388 valence electrons. The number of rotatable bonds is 22. The molecule has 18 heteroatoms. The van der Waals surface area contributed by atoms with E-state index in [1.807, 2.05) is 0 Å². The van der Waals surface area contributed by atoms with Gasteiger partial charge in [-0.25, -0.2) is 14.4 Å². The number of hydrogen-bond acceptors (Lipinski definition) is 13. The number of carboxylic acid groups (broad SMARTS) is 1. The van der Waals surface area contributed by atoms with Crippen LogP contribution >= 0.6 is 0 Å². The minimum Gasteiger partial charge on any atom is -0.508 e. The Morgan fingerprint density at radius 2 is 0.716 bits per heavy atom. The Balaban J connectivity index is -0.000000228. The number of aliphatic hydroxyl groups is 3. The Morgan fingerprint density at radius 3 is 0.940 bits per heavy atom. The van der Waals surface area contributed by atoms with Crippen molar-refractivity contribution in [3.63, 3.8) is 0 Å². The van der Waals surface area contributed by atoms with Crippen LogP contribution in [0.15, 0.2) is 85.5 Å². The molecule has 0 aliphatic carbocycles. The molecule has 0 spiro atoms. The van der Waals surface area contributed by atoms with Gasteiger partial charge in [0, 0.05) is 13.2 Å². The number of carbonyl (C=O) groups excluding carboxylic acids is 2. The SMILES string of the molecule is C.C.C.C.C.C=CCO.C[Si](C)(CCCO)O[Si](C)(C)CCCO.C[Si](C)(CCCOC(=O)c1ccc(O)cc1)O[Si](C)(C)CCCOC(=O)c1ccc(O)cc1.O=C(O)c1ccc(O)cc1. The minimum absolute atomic E-state index is 0. The Labute approximate surface area is 409 Å². The molecule has 0 aromatic heterocycles. The molecule has 0 fully saturated rings. The highest BCUT2D eigenvalue weighted by atomic mass is 28.4. The van der Waals surface area contributed by atoms with Gasteiger partial charge in [0.1, 0.15) is 17.2 Å². The highest BCUT2D eigenvalue weighted by Gasteiger charge is 2.33. The van der Waals surface area contributed by atoms with Crippen molar-refractivity contribution < 1.29 is 67.8 Å². The molecular weight excluding hydrogens is 925 g/mol. The van der Waals surface area contributed by atoms with Crippen LogP contribution in [0.2, 0.25) is 76.6 Å². The molecule has 3 aromatic rings. The molecule has 0 saturated heterocycles. The van der Waals surface area contributed by atoms with Crippen molar-refractivity contribution in [1.29, 1.82) is 0 Å². The molecule has 0 saturated carbocycles. The van der Waals surface area contributed by atoms with Crippen LogP contribution in [0, 0.1) is 0 Å². The van der Waals surface area contributed by atoms with Gasteiger partial charge in [0.2, 0.25) is 0 Å². The zero-order valence-electron chi connectivity index (χ0n) is 37.9. The summed E-state index contributed by atoms with van der Waals surface area (Å²) in [5.74, 6) is -1.48. The van der Waals surface area contributed by atoms with E-state index in [4.69, 9.17) is 43.2 Å². The molecule has 0 aliphatic heterocycles. The number of carbonyl (C=O) groups is 3. The average molecular weight is 1020 g/mol. The van der Waals surface area contributed by atoms with Gasteiger partial charge in [-0.15, -0.1) is 6.58 Å². The number of carboxylic acids is 1. The summed E-state index contributed by atoms with van der Waals surface area (Å²) in [4.78, 5) is 34.3. The van der Waals surface area contributed by atoms with Crippen LogP contribution in [0.1, 0.15) is 93.9 Å². The van der Waals surface area contributed by atoms with Gasteiger partial charge < -0.3 is 53.4 Å². The first-order valence-electron chi connectivity index (χ1n) is 20.7. The van der Waals surface area contributed by atoms with Crippen LogP contribution in [0.4, 0.5) is 0 Å². The second-order valence-corrected chi connectivity index (χ2v) is 34.5. The summed E-state index contributed by atoms with van der Waals surface area (Å²) in [6, 6.07) is 21.2. The van der Waals surface area contributed by atoms with Gasteiger partial charge in [-0.2, -0.15) is 0 Å². The highest BCUT2D eigenvalue weighted by molar-refractivity contribution is 6.85. The third kappa shape index (κ3) is 37.5. The standard InChI is InChI=1S/C24H34O7Si2.C10H26O3Si2.C7H6O3.C3H6O.5CH4/c1-32(2,17-5-15-29-23(27)19-7-11-21(25)12-8-19)31-33(3,4)18-6-16-30-24(28)20-9-13-22(26)14-10-20;1-14(2,9-5-7-11)13-15(3,4)10-6-8-12;8-6-3-1-5(2-4-6)7(9)10;1-2-3-4;;;;;/h7-14,25-26H,5-6,15-18H2,1-4H3;11-12H,5-10H2,1-4H3;1-4,8H,(H,9,10);2,4H,1,3H2;5*1H4. The lowest BCUT2D eigenvalue weighted by Crippen LogP contribution is -2.44. The molecule has 0 bridgehead atoms. The molecule has 0 aliphatic rings. The van der Waals surface area contributed by atoms with Crippen molar-refractivity contribution >= 4 is 51.2 Å². The number of benzene rings is 3. The summed E-state index contributed by atoms with van der Waals surface area (Å²) in [5.41, 5.74) is 1.01. The fourth-order valence-corrected chi connectivity index (χ4v) is 23.6. The second-order valence-electron chi connectivity index (χ2n) is 16.8. The summed E-state index contributed by atoms with van der Waals surface area (Å²) in [6.45, 7) is 22.1. The number of aliphatic hydroxyl groups excluding tert-OH is 3. The van der Waals surface area contributed by atoms with E-state index >= 15 is 0 Å². The number of aromatic hydroxyl groups is 3. The average Bonchev–Trinajstić information content (AvgIpc) is 3.20. The summed E-state index contributed by atoms with van der Waals surface area (Å²) in [6.07, 6.45) is 4.60. The third-order valence-electron chi connectivity index (χ3n) is 8.74. The minimum atomic E-state index is -1.93. The predicted octanol–water partition coefficient (Wildman–Crippen LogP) is 11.9. The molecule has 3 rings (SSSR count). The smallest absolute Gasteiger partial charge is 0.338 e. The number of phenols is 3. The molecule has 0 radical (unpaired) electrons. The van der Waals surface area contributed by atoms with Crippen molar-refractivity contribution in [2.24, 2.45) is 0 Å². The molecule has 0 unspecified atom stereocenters. The molecule has 0 heterocycles.